The van der Waals surface area contributed by atoms with Gasteiger partial charge in [0.05, 0.1) is 27.0 Å². The Kier molecular flexibility index (Phi) is 10.9. The lowest BCUT2D eigenvalue weighted by atomic mass is 10.1. The Balaban J connectivity index is 2.50. The van der Waals surface area contributed by atoms with Crippen LogP contribution in [0.1, 0.15) is 44.7 Å². The maximum atomic E-state index is 13.7. The zero-order valence-corrected chi connectivity index (χ0v) is 24.1. The third-order valence-electron chi connectivity index (χ3n) is 5.80. The number of hydrogen-bond donors (Lipinski definition) is 1. The highest BCUT2D eigenvalue weighted by molar-refractivity contribution is 7.92. The van der Waals surface area contributed by atoms with E-state index in [1.165, 1.54) is 17.0 Å². The zero-order valence-electron chi connectivity index (χ0n) is 21.0. The molecule has 0 aliphatic carbocycles. The van der Waals surface area contributed by atoms with E-state index in [-0.39, 0.29) is 39.2 Å². The molecule has 0 heterocycles. The van der Waals surface area contributed by atoms with Crippen LogP contribution in [0.25, 0.3) is 0 Å². The number of nitrogens with one attached hydrogen (secondary N) is 1. The molecule has 2 atom stereocenters. The van der Waals surface area contributed by atoms with Crippen molar-refractivity contribution in [2.75, 3.05) is 17.1 Å². The second-order valence-electron chi connectivity index (χ2n) is 8.74. The molecule has 11 heteroatoms. The average Bonchev–Trinajstić information content (AvgIpc) is 2.80. The molecular weight excluding hydrogens is 545 g/mol. The topological polar surface area (TPSA) is 86.8 Å². The molecular formula is C25H32Cl3N3O4S. The number of hydrogen-bond acceptors (Lipinski definition) is 4. The van der Waals surface area contributed by atoms with Gasteiger partial charge in [-0.2, -0.15) is 0 Å². The molecule has 0 fully saturated rings. The van der Waals surface area contributed by atoms with E-state index in [4.69, 9.17) is 34.8 Å². The molecule has 1 N–H and O–H groups in total. The normalized spacial score (nSPS) is 13.1. The minimum absolute atomic E-state index is 0.0225. The molecule has 0 saturated heterocycles. The van der Waals surface area contributed by atoms with Crippen LogP contribution in [0.2, 0.25) is 15.1 Å². The van der Waals surface area contributed by atoms with Gasteiger partial charge in [-0.05, 0) is 44.4 Å². The number of nitrogens with zero attached hydrogens (tertiary/aromatic N) is 2. The number of carbonyl (C=O) groups is 2. The second kappa shape index (κ2) is 13.0. The number of benzene rings is 2. The number of anilines is 1. The Morgan fingerprint density at radius 3 is 2.08 bits per heavy atom. The number of sulfonamides is 1. The van der Waals surface area contributed by atoms with Crippen molar-refractivity contribution < 1.29 is 18.0 Å². The molecule has 0 aliphatic rings. The van der Waals surface area contributed by atoms with E-state index in [9.17, 15) is 18.0 Å². The molecule has 0 radical (unpaired) electrons. The van der Waals surface area contributed by atoms with Gasteiger partial charge in [0.1, 0.15) is 12.6 Å². The molecule has 0 unspecified atom stereocenters. The summed E-state index contributed by atoms with van der Waals surface area (Å²) in [6.45, 7) is 7.14. The van der Waals surface area contributed by atoms with E-state index in [1.54, 1.807) is 6.92 Å². The lowest BCUT2D eigenvalue weighted by Crippen LogP contribution is -2.53. The molecule has 2 aromatic carbocycles. The monoisotopic (exact) mass is 575 g/mol. The molecule has 2 amide bonds. The summed E-state index contributed by atoms with van der Waals surface area (Å²) in [5.74, 6) is -0.861. The van der Waals surface area contributed by atoms with Crippen LogP contribution in [-0.2, 0) is 26.2 Å². The van der Waals surface area contributed by atoms with Crippen LogP contribution in [0.3, 0.4) is 0 Å². The van der Waals surface area contributed by atoms with Crippen LogP contribution in [0.5, 0.6) is 0 Å². The number of rotatable bonds is 11. The molecule has 198 valence electrons. The van der Waals surface area contributed by atoms with E-state index in [0.29, 0.717) is 6.42 Å². The minimum atomic E-state index is -3.95. The Morgan fingerprint density at radius 1 is 0.972 bits per heavy atom. The fourth-order valence-electron chi connectivity index (χ4n) is 3.55. The summed E-state index contributed by atoms with van der Waals surface area (Å²) >= 11 is 18.4. The van der Waals surface area contributed by atoms with E-state index >= 15 is 0 Å². The summed E-state index contributed by atoms with van der Waals surface area (Å²) in [5.41, 5.74) is 1.88. The largest absolute Gasteiger partial charge is 0.352 e. The van der Waals surface area contributed by atoms with Crippen LogP contribution in [0.4, 0.5) is 5.69 Å². The zero-order chi connectivity index (χ0) is 27.2. The van der Waals surface area contributed by atoms with Crippen molar-refractivity contribution >= 4 is 62.3 Å². The van der Waals surface area contributed by atoms with E-state index in [1.807, 2.05) is 45.0 Å². The van der Waals surface area contributed by atoms with Crippen LogP contribution in [-0.4, -0.2) is 50.0 Å². The summed E-state index contributed by atoms with van der Waals surface area (Å²) in [7, 11) is -3.95. The van der Waals surface area contributed by atoms with Gasteiger partial charge in [-0.3, -0.25) is 13.9 Å². The number of amides is 2. The Hall–Kier alpha value is -2.00. The van der Waals surface area contributed by atoms with Gasteiger partial charge in [-0.15, -0.1) is 0 Å². The van der Waals surface area contributed by atoms with E-state index < -0.39 is 28.5 Å². The van der Waals surface area contributed by atoms with Gasteiger partial charge in [0.2, 0.25) is 21.8 Å². The number of aryl methyl sites for hydroxylation is 1. The maximum absolute atomic E-state index is 13.7. The molecule has 0 spiro atoms. The van der Waals surface area contributed by atoms with Gasteiger partial charge >= 0.3 is 0 Å². The first-order valence-corrected chi connectivity index (χ1v) is 14.5. The van der Waals surface area contributed by atoms with Crippen molar-refractivity contribution in [3.05, 3.63) is 62.6 Å². The fourth-order valence-corrected chi connectivity index (χ4v) is 5.10. The van der Waals surface area contributed by atoms with Gasteiger partial charge < -0.3 is 10.2 Å². The molecule has 0 aromatic heterocycles. The van der Waals surface area contributed by atoms with Crippen LogP contribution < -0.4 is 9.62 Å². The van der Waals surface area contributed by atoms with Gasteiger partial charge in [-0.1, -0.05) is 78.5 Å². The quantitative estimate of drug-likeness (QED) is 0.361. The molecule has 0 bridgehead atoms. The summed E-state index contributed by atoms with van der Waals surface area (Å²) in [6, 6.07) is 9.31. The van der Waals surface area contributed by atoms with E-state index in [2.05, 4.69) is 5.32 Å². The summed E-state index contributed by atoms with van der Waals surface area (Å²) in [4.78, 5) is 28.2. The molecule has 36 heavy (non-hydrogen) atoms. The molecule has 2 aromatic rings. The van der Waals surface area contributed by atoms with Gasteiger partial charge in [0.15, 0.2) is 0 Å². The summed E-state index contributed by atoms with van der Waals surface area (Å²) in [5, 5.41) is 3.20. The first kappa shape index (κ1) is 30.2. The van der Waals surface area contributed by atoms with Crippen LogP contribution in [0, 0.1) is 6.92 Å². The standard InChI is InChI=1S/C25H32Cl3N3O4S/c1-6-17(4)29-25(33)22(7-2)30(14-18-10-8-16(3)9-11-18)24(32)15-31(36(5,34)35)23-13-20(27)19(26)12-21(23)28/h8-13,17,22H,6-7,14-15H2,1-5H3,(H,29,33)/t17-,22-/m0/s1. The van der Waals surface area contributed by atoms with E-state index in [0.717, 1.165) is 28.1 Å². The highest BCUT2D eigenvalue weighted by Crippen LogP contribution is 2.35. The average molecular weight is 577 g/mol. The lowest BCUT2D eigenvalue weighted by molar-refractivity contribution is -0.140. The minimum Gasteiger partial charge on any atom is -0.352 e. The van der Waals surface area contributed by atoms with Crippen molar-refractivity contribution in [3.63, 3.8) is 0 Å². The predicted molar refractivity (Wildman–Crippen MR) is 147 cm³/mol. The third kappa shape index (κ3) is 8.00. The molecule has 7 nitrogen and oxygen atoms in total. The maximum Gasteiger partial charge on any atom is 0.244 e. The third-order valence-corrected chi connectivity index (χ3v) is 7.95. The van der Waals surface area contributed by atoms with Gasteiger partial charge in [0.25, 0.3) is 0 Å². The molecule has 2 rings (SSSR count). The number of carbonyl (C=O) groups excluding carboxylic acids is 2. The number of halogens is 3. The van der Waals surface area contributed by atoms with Crippen LogP contribution in [0.15, 0.2) is 36.4 Å². The van der Waals surface area contributed by atoms with Crippen molar-refractivity contribution in [1.29, 1.82) is 0 Å². The first-order chi connectivity index (χ1) is 16.8. The Morgan fingerprint density at radius 2 is 1.56 bits per heavy atom. The summed E-state index contributed by atoms with van der Waals surface area (Å²) < 4.78 is 26.3. The van der Waals surface area contributed by atoms with Crippen molar-refractivity contribution in [3.8, 4) is 0 Å². The van der Waals surface area contributed by atoms with Crippen molar-refractivity contribution in [2.24, 2.45) is 0 Å². The van der Waals surface area contributed by atoms with Gasteiger partial charge in [-0.25, -0.2) is 8.42 Å². The predicted octanol–water partition coefficient (Wildman–Crippen LogP) is 5.44. The van der Waals surface area contributed by atoms with Gasteiger partial charge in [0, 0.05) is 12.6 Å². The Labute approximate surface area is 228 Å². The summed E-state index contributed by atoms with van der Waals surface area (Å²) in [6.07, 6.45) is 2.04. The smallest absolute Gasteiger partial charge is 0.244 e. The SMILES string of the molecule is CC[C@H](C)NC(=O)[C@H](CC)N(Cc1ccc(C)cc1)C(=O)CN(c1cc(Cl)c(Cl)cc1Cl)S(C)(=O)=O. The van der Waals surface area contributed by atoms with Crippen molar-refractivity contribution in [2.45, 2.75) is 59.2 Å². The first-order valence-electron chi connectivity index (χ1n) is 11.6. The molecule has 0 saturated carbocycles. The lowest BCUT2D eigenvalue weighted by Gasteiger charge is -2.33. The highest BCUT2D eigenvalue weighted by atomic mass is 35.5. The van der Waals surface area contributed by atoms with Crippen LogP contribution >= 0.6 is 34.8 Å². The molecule has 0 aliphatic heterocycles. The fraction of sp³-hybridized carbons (Fsp3) is 0.440. The second-order valence-corrected chi connectivity index (χ2v) is 11.9. The Bertz CT molecular complexity index is 1190. The van der Waals surface area contributed by atoms with Crippen molar-refractivity contribution in [1.82, 2.24) is 10.2 Å². The highest BCUT2D eigenvalue weighted by Gasteiger charge is 2.32.